The Morgan fingerprint density at radius 3 is 2.39 bits per heavy atom. The van der Waals surface area contributed by atoms with Crippen molar-refractivity contribution in [2.24, 2.45) is 0 Å². The number of hydrogen-bond donors (Lipinski definition) is 1. The Bertz CT molecular complexity index is 688. The Balaban J connectivity index is 1.93. The monoisotopic (exact) mass is 331 g/mol. The van der Waals surface area contributed by atoms with Gasteiger partial charge < -0.3 is 10.1 Å². The maximum Gasteiger partial charge on any atom is 0.262 e. The molecule has 0 aliphatic heterocycles. The van der Waals surface area contributed by atoms with Crippen LogP contribution in [0, 0.1) is 6.92 Å². The largest absolute Gasteiger partial charge is 0.484 e. The van der Waals surface area contributed by atoms with E-state index in [1.54, 1.807) is 12.1 Å². The third-order valence-electron chi connectivity index (χ3n) is 3.63. The fourth-order valence-corrected chi connectivity index (χ4v) is 2.30. The summed E-state index contributed by atoms with van der Waals surface area (Å²) >= 11 is 6.04. The van der Waals surface area contributed by atoms with Crippen molar-refractivity contribution in [1.82, 2.24) is 0 Å². The second-order valence-electron chi connectivity index (χ2n) is 6.52. The van der Waals surface area contributed by atoms with Gasteiger partial charge in [0.25, 0.3) is 5.91 Å². The zero-order chi connectivity index (χ0) is 17.0. The molecule has 0 saturated heterocycles. The molecular weight excluding hydrogens is 310 g/mol. The Morgan fingerprint density at radius 2 is 1.78 bits per heavy atom. The fourth-order valence-electron chi connectivity index (χ4n) is 2.13. The molecule has 0 atom stereocenters. The van der Waals surface area contributed by atoms with Crippen molar-refractivity contribution in [3.8, 4) is 5.75 Å². The molecule has 1 amide bonds. The highest BCUT2D eigenvalue weighted by Gasteiger charge is 2.13. The first-order chi connectivity index (χ1) is 10.8. The Hall–Kier alpha value is -2.00. The van der Waals surface area contributed by atoms with Crippen LogP contribution in [-0.4, -0.2) is 12.5 Å². The number of nitrogens with one attached hydrogen (secondary N) is 1. The number of halogens is 1. The lowest BCUT2D eigenvalue weighted by Crippen LogP contribution is -2.20. The number of hydrogen-bond acceptors (Lipinski definition) is 2. The number of rotatable bonds is 4. The predicted octanol–water partition coefficient (Wildman–Crippen LogP) is 4.96. The SMILES string of the molecule is Cc1c(Cl)cccc1NC(=O)COc1ccc(C(C)(C)C)cc1. The van der Waals surface area contributed by atoms with Crippen molar-refractivity contribution < 1.29 is 9.53 Å². The van der Waals surface area contributed by atoms with E-state index in [2.05, 4.69) is 26.1 Å². The minimum atomic E-state index is -0.213. The summed E-state index contributed by atoms with van der Waals surface area (Å²) in [6.45, 7) is 8.29. The van der Waals surface area contributed by atoms with E-state index in [1.807, 2.05) is 37.3 Å². The van der Waals surface area contributed by atoms with E-state index in [4.69, 9.17) is 16.3 Å². The zero-order valence-electron chi connectivity index (χ0n) is 13.9. The normalized spacial score (nSPS) is 11.2. The maximum atomic E-state index is 12.0. The number of carbonyl (C=O) groups is 1. The highest BCUT2D eigenvalue weighted by molar-refractivity contribution is 6.31. The smallest absolute Gasteiger partial charge is 0.262 e. The van der Waals surface area contributed by atoms with Crippen LogP contribution in [0.2, 0.25) is 5.02 Å². The van der Waals surface area contributed by atoms with Crippen LogP contribution in [0.3, 0.4) is 0 Å². The summed E-state index contributed by atoms with van der Waals surface area (Å²) in [6, 6.07) is 13.2. The van der Waals surface area contributed by atoms with Crippen LogP contribution < -0.4 is 10.1 Å². The molecular formula is C19H22ClNO2. The quantitative estimate of drug-likeness (QED) is 0.859. The van der Waals surface area contributed by atoms with Gasteiger partial charge >= 0.3 is 0 Å². The molecule has 122 valence electrons. The van der Waals surface area contributed by atoms with Crippen LogP contribution in [0.1, 0.15) is 31.9 Å². The minimum absolute atomic E-state index is 0.0409. The van der Waals surface area contributed by atoms with Crippen LogP contribution in [0.4, 0.5) is 5.69 Å². The molecule has 0 spiro atoms. The van der Waals surface area contributed by atoms with Crippen LogP contribution in [0.15, 0.2) is 42.5 Å². The topological polar surface area (TPSA) is 38.3 Å². The zero-order valence-corrected chi connectivity index (χ0v) is 14.7. The minimum Gasteiger partial charge on any atom is -0.484 e. The molecule has 0 unspecified atom stereocenters. The number of carbonyl (C=O) groups excluding carboxylic acids is 1. The Labute approximate surface area is 142 Å². The Morgan fingerprint density at radius 1 is 1.13 bits per heavy atom. The molecule has 0 radical (unpaired) electrons. The van der Waals surface area contributed by atoms with E-state index in [9.17, 15) is 4.79 Å². The van der Waals surface area contributed by atoms with E-state index in [-0.39, 0.29) is 17.9 Å². The van der Waals surface area contributed by atoms with Gasteiger partial charge in [-0.1, -0.05) is 50.6 Å². The molecule has 2 aromatic rings. The number of ether oxygens (including phenoxy) is 1. The lowest BCUT2D eigenvalue weighted by Gasteiger charge is -2.19. The van der Waals surface area contributed by atoms with Gasteiger partial charge in [0.05, 0.1) is 0 Å². The van der Waals surface area contributed by atoms with E-state index < -0.39 is 0 Å². The second kappa shape index (κ2) is 7.05. The standard InChI is InChI=1S/C19H22ClNO2/c1-13-16(20)6-5-7-17(13)21-18(22)12-23-15-10-8-14(9-11-15)19(2,3)4/h5-11H,12H2,1-4H3,(H,21,22). The molecule has 4 heteroatoms. The van der Waals surface area contributed by atoms with Gasteiger partial charge in [0, 0.05) is 10.7 Å². The van der Waals surface area contributed by atoms with Crippen molar-refractivity contribution in [3.63, 3.8) is 0 Å². The molecule has 0 heterocycles. The molecule has 1 N–H and O–H groups in total. The Kier molecular flexibility index (Phi) is 5.32. The van der Waals surface area contributed by atoms with Gasteiger partial charge in [-0.3, -0.25) is 4.79 Å². The summed E-state index contributed by atoms with van der Waals surface area (Å²) in [7, 11) is 0. The summed E-state index contributed by atoms with van der Waals surface area (Å²) in [5, 5.41) is 3.43. The van der Waals surface area contributed by atoms with E-state index in [1.165, 1.54) is 5.56 Å². The summed E-state index contributed by atoms with van der Waals surface area (Å²) < 4.78 is 5.53. The molecule has 0 aliphatic rings. The summed E-state index contributed by atoms with van der Waals surface area (Å²) in [4.78, 5) is 12.0. The van der Waals surface area contributed by atoms with Crippen molar-refractivity contribution in [3.05, 3.63) is 58.6 Å². The van der Waals surface area contributed by atoms with Crippen LogP contribution >= 0.6 is 11.6 Å². The summed E-state index contributed by atoms with van der Waals surface area (Å²) in [5.41, 5.74) is 2.87. The van der Waals surface area contributed by atoms with Crippen LogP contribution in [0.5, 0.6) is 5.75 Å². The van der Waals surface area contributed by atoms with Crippen molar-refractivity contribution in [2.75, 3.05) is 11.9 Å². The maximum absolute atomic E-state index is 12.0. The molecule has 23 heavy (non-hydrogen) atoms. The predicted molar refractivity (Wildman–Crippen MR) is 95.5 cm³/mol. The van der Waals surface area contributed by atoms with Crippen molar-refractivity contribution in [1.29, 1.82) is 0 Å². The van der Waals surface area contributed by atoms with E-state index in [0.717, 1.165) is 5.56 Å². The molecule has 2 aromatic carbocycles. The molecule has 0 aliphatic carbocycles. The van der Waals surface area contributed by atoms with Crippen molar-refractivity contribution in [2.45, 2.75) is 33.1 Å². The summed E-state index contributed by atoms with van der Waals surface area (Å²) in [5.74, 6) is 0.464. The van der Waals surface area contributed by atoms with E-state index in [0.29, 0.717) is 16.5 Å². The number of anilines is 1. The fraction of sp³-hybridized carbons (Fsp3) is 0.316. The van der Waals surface area contributed by atoms with E-state index >= 15 is 0 Å². The van der Waals surface area contributed by atoms with Crippen LogP contribution in [-0.2, 0) is 10.2 Å². The van der Waals surface area contributed by atoms with Gasteiger partial charge in [-0.15, -0.1) is 0 Å². The lowest BCUT2D eigenvalue weighted by molar-refractivity contribution is -0.118. The molecule has 3 nitrogen and oxygen atoms in total. The van der Waals surface area contributed by atoms with Gasteiger partial charge in [-0.05, 0) is 47.7 Å². The first-order valence-electron chi connectivity index (χ1n) is 7.55. The first-order valence-corrected chi connectivity index (χ1v) is 7.93. The molecule has 0 saturated carbocycles. The number of amides is 1. The second-order valence-corrected chi connectivity index (χ2v) is 6.93. The van der Waals surface area contributed by atoms with Gasteiger partial charge in [0.1, 0.15) is 5.75 Å². The van der Waals surface area contributed by atoms with Gasteiger partial charge in [0.2, 0.25) is 0 Å². The highest BCUT2D eigenvalue weighted by Crippen LogP contribution is 2.25. The highest BCUT2D eigenvalue weighted by atomic mass is 35.5. The molecule has 2 rings (SSSR count). The van der Waals surface area contributed by atoms with Gasteiger partial charge in [-0.25, -0.2) is 0 Å². The summed E-state index contributed by atoms with van der Waals surface area (Å²) in [6.07, 6.45) is 0. The third kappa shape index (κ3) is 4.73. The average molecular weight is 332 g/mol. The van der Waals surface area contributed by atoms with Crippen LogP contribution in [0.25, 0.3) is 0 Å². The van der Waals surface area contributed by atoms with Gasteiger partial charge in [-0.2, -0.15) is 0 Å². The van der Waals surface area contributed by atoms with Crippen molar-refractivity contribution >= 4 is 23.2 Å². The molecule has 0 aromatic heterocycles. The first kappa shape index (κ1) is 17.4. The average Bonchev–Trinajstić information content (AvgIpc) is 2.49. The third-order valence-corrected chi connectivity index (χ3v) is 4.04. The molecule has 0 bridgehead atoms. The molecule has 0 fully saturated rings. The van der Waals surface area contributed by atoms with Gasteiger partial charge in [0.15, 0.2) is 6.61 Å². The number of benzene rings is 2. The lowest BCUT2D eigenvalue weighted by atomic mass is 9.87.